The molecule has 11 heteroatoms. The lowest BCUT2D eigenvalue weighted by Gasteiger charge is -2.37. The van der Waals surface area contributed by atoms with Crippen LogP contribution in [-0.4, -0.2) is 19.3 Å². The van der Waals surface area contributed by atoms with E-state index in [4.69, 9.17) is 4.42 Å². The second-order valence-corrected chi connectivity index (χ2v) is 8.12. The van der Waals surface area contributed by atoms with Gasteiger partial charge in [0.2, 0.25) is 5.89 Å². The van der Waals surface area contributed by atoms with Gasteiger partial charge in [0.1, 0.15) is 11.6 Å². The molecule has 2 aromatic heterocycles. The standard InChI is InChI=1S/C21H14F5N3O2S/c22-13-8-14-16(12(9-29(14)32-26)19-27-28-20(31-19)18(24)25)17(23)15(13)10-2-4-11(5-3-10)21(30)6-1-7-21/h2-5,8-9,18,30H,1,6-7H2. The van der Waals surface area contributed by atoms with Crippen molar-refractivity contribution in [3.05, 3.63) is 59.6 Å². The molecule has 2 heterocycles. The molecule has 4 aromatic rings. The van der Waals surface area contributed by atoms with E-state index in [1.807, 2.05) is 0 Å². The van der Waals surface area contributed by atoms with Gasteiger partial charge in [0.25, 0.3) is 5.89 Å². The summed E-state index contributed by atoms with van der Waals surface area (Å²) in [6, 6.07) is 7.13. The highest BCUT2D eigenvalue weighted by atomic mass is 32.2. The molecule has 0 atom stereocenters. The maximum absolute atomic E-state index is 15.6. The average Bonchev–Trinajstić information content (AvgIpc) is 3.37. The van der Waals surface area contributed by atoms with Gasteiger partial charge < -0.3 is 9.52 Å². The first-order valence-electron chi connectivity index (χ1n) is 9.60. The summed E-state index contributed by atoms with van der Waals surface area (Å²) in [5, 5.41) is 16.9. The first-order valence-corrected chi connectivity index (χ1v) is 10.3. The van der Waals surface area contributed by atoms with E-state index >= 15 is 4.39 Å². The summed E-state index contributed by atoms with van der Waals surface area (Å²) in [7, 11) is 0. The summed E-state index contributed by atoms with van der Waals surface area (Å²) in [5.74, 6) is -3.39. The molecular formula is C21H14F5N3O2S. The van der Waals surface area contributed by atoms with Gasteiger partial charge >= 0.3 is 6.43 Å². The molecule has 0 bridgehead atoms. The smallest absolute Gasteiger partial charge is 0.314 e. The van der Waals surface area contributed by atoms with Crippen LogP contribution in [0.4, 0.5) is 21.4 Å². The van der Waals surface area contributed by atoms with Crippen molar-refractivity contribution in [2.45, 2.75) is 31.3 Å². The topological polar surface area (TPSA) is 64.1 Å². The van der Waals surface area contributed by atoms with Crippen molar-refractivity contribution in [2.75, 3.05) is 0 Å². The Kier molecular flexibility index (Phi) is 4.97. The van der Waals surface area contributed by atoms with Gasteiger partial charge in [-0.25, -0.2) is 8.78 Å². The van der Waals surface area contributed by atoms with Crippen molar-refractivity contribution < 1.29 is 31.0 Å². The van der Waals surface area contributed by atoms with Gasteiger partial charge in [-0.05, 0) is 36.5 Å². The van der Waals surface area contributed by atoms with Crippen LogP contribution in [0.5, 0.6) is 0 Å². The zero-order chi connectivity index (χ0) is 22.6. The molecule has 5 rings (SSSR count). The van der Waals surface area contributed by atoms with Crippen molar-refractivity contribution in [2.24, 2.45) is 0 Å². The second kappa shape index (κ2) is 7.59. The molecule has 1 aliphatic rings. The number of fused-ring (bicyclic) bond motifs is 1. The summed E-state index contributed by atoms with van der Waals surface area (Å²) in [4.78, 5) is 0. The van der Waals surface area contributed by atoms with Crippen LogP contribution in [0.2, 0.25) is 0 Å². The van der Waals surface area contributed by atoms with Crippen LogP contribution in [0, 0.1) is 11.6 Å². The highest BCUT2D eigenvalue weighted by Gasteiger charge is 2.36. The quantitative estimate of drug-likeness (QED) is 0.348. The molecule has 0 unspecified atom stereocenters. The zero-order valence-corrected chi connectivity index (χ0v) is 17.0. The lowest BCUT2D eigenvalue weighted by atomic mass is 9.75. The predicted octanol–water partition coefficient (Wildman–Crippen LogP) is 6.33. The Labute approximate surface area is 182 Å². The number of rotatable bonds is 5. The van der Waals surface area contributed by atoms with Crippen LogP contribution in [0.15, 0.2) is 40.9 Å². The third-order valence-corrected chi connectivity index (χ3v) is 6.23. The molecule has 0 amide bonds. The Balaban J connectivity index is 1.67. The number of benzene rings is 2. The third-order valence-electron chi connectivity index (χ3n) is 5.77. The summed E-state index contributed by atoms with van der Waals surface area (Å²) in [6.45, 7) is 0. The molecule has 32 heavy (non-hydrogen) atoms. The highest BCUT2D eigenvalue weighted by Crippen LogP contribution is 2.43. The van der Waals surface area contributed by atoms with Crippen LogP contribution in [0.25, 0.3) is 33.5 Å². The molecule has 1 fully saturated rings. The van der Waals surface area contributed by atoms with Crippen molar-refractivity contribution in [3.63, 3.8) is 0 Å². The molecule has 1 N–H and O–H groups in total. The van der Waals surface area contributed by atoms with Gasteiger partial charge in [-0.15, -0.1) is 14.1 Å². The minimum absolute atomic E-state index is 0.149. The largest absolute Gasteiger partial charge is 0.415 e. The SMILES string of the molecule is OC1(c2ccc(-c3c(F)cc4c(c(-c5nnc(C(F)F)o5)cn4SF)c3F)cc2)CCC1. The van der Waals surface area contributed by atoms with E-state index in [0.29, 0.717) is 18.4 Å². The van der Waals surface area contributed by atoms with Crippen LogP contribution in [0.1, 0.15) is 37.1 Å². The van der Waals surface area contributed by atoms with Gasteiger partial charge in [-0.2, -0.15) is 8.78 Å². The fourth-order valence-electron chi connectivity index (χ4n) is 3.95. The molecule has 1 aliphatic carbocycles. The monoisotopic (exact) mass is 467 g/mol. The molecule has 1 saturated carbocycles. The number of nitrogens with zero attached hydrogens (tertiary/aromatic N) is 3. The van der Waals surface area contributed by atoms with E-state index in [1.165, 1.54) is 12.1 Å². The van der Waals surface area contributed by atoms with Gasteiger partial charge in [-0.3, -0.25) is 3.97 Å². The minimum atomic E-state index is -3.04. The maximum atomic E-state index is 15.6. The first-order chi connectivity index (χ1) is 15.3. The Morgan fingerprint density at radius 1 is 1.12 bits per heavy atom. The van der Waals surface area contributed by atoms with E-state index in [9.17, 15) is 22.2 Å². The predicted molar refractivity (Wildman–Crippen MR) is 107 cm³/mol. The Bertz CT molecular complexity index is 1320. The summed E-state index contributed by atoms with van der Waals surface area (Å²) in [6.07, 6.45) is 0.155. The molecule has 2 aromatic carbocycles. The lowest BCUT2D eigenvalue weighted by molar-refractivity contribution is -0.0387. The zero-order valence-electron chi connectivity index (χ0n) is 16.2. The Morgan fingerprint density at radius 3 is 2.41 bits per heavy atom. The van der Waals surface area contributed by atoms with Crippen LogP contribution in [-0.2, 0) is 5.60 Å². The number of hydrogen-bond donors (Lipinski definition) is 1. The summed E-state index contributed by atoms with van der Waals surface area (Å²) in [5.41, 5.74) is -0.782. The van der Waals surface area contributed by atoms with Crippen LogP contribution < -0.4 is 0 Å². The number of aliphatic hydroxyl groups is 1. The maximum Gasteiger partial charge on any atom is 0.314 e. The van der Waals surface area contributed by atoms with E-state index < -0.39 is 35.4 Å². The molecule has 5 nitrogen and oxygen atoms in total. The van der Waals surface area contributed by atoms with Crippen LogP contribution >= 0.6 is 12.3 Å². The third kappa shape index (κ3) is 3.18. The van der Waals surface area contributed by atoms with Gasteiger partial charge in [0.05, 0.1) is 27.6 Å². The first kappa shape index (κ1) is 21.0. The lowest BCUT2D eigenvalue weighted by Crippen LogP contribution is -2.33. The van der Waals surface area contributed by atoms with Crippen molar-refractivity contribution >= 4 is 23.2 Å². The fraction of sp³-hybridized carbons (Fsp3) is 0.238. The van der Waals surface area contributed by atoms with Crippen LogP contribution in [0.3, 0.4) is 0 Å². The molecule has 0 aliphatic heterocycles. The Hall–Kier alpha value is -2.92. The number of aromatic nitrogens is 3. The molecular weight excluding hydrogens is 453 g/mol. The average molecular weight is 467 g/mol. The number of hydrogen-bond acceptors (Lipinski definition) is 5. The van der Waals surface area contributed by atoms with E-state index in [-0.39, 0.29) is 39.9 Å². The number of alkyl halides is 2. The molecule has 0 radical (unpaired) electrons. The van der Waals surface area contributed by atoms with E-state index in [2.05, 4.69) is 10.2 Å². The molecule has 0 saturated heterocycles. The van der Waals surface area contributed by atoms with Gasteiger partial charge in [0, 0.05) is 6.20 Å². The summed E-state index contributed by atoms with van der Waals surface area (Å²) < 4.78 is 75.4. The van der Waals surface area contributed by atoms with Crippen molar-refractivity contribution in [3.8, 4) is 22.6 Å². The number of halogens is 5. The normalized spacial score (nSPS) is 15.5. The van der Waals surface area contributed by atoms with Crippen molar-refractivity contribution in [1.29, 1.82) is 0 Å². The highest BCUT2D eigenvalue weighted by molar-refractivity contribution is 7.92. The fourth-order valence-corrected chi connectivity index (χ4v) is 4.31. The van der Waals surface area contributed by atoms with Gasteiger partial charge in [-0.1, -0.05) is 24.3 Å². The van der Waals surface area contributed by atoms with Gasteiger partial charge in [0.15, 0.2) is 12.3 Å². The second-order valence-electron chi connectivity index (χ2n) is 7.59. The molecule has 0 spiro atoms. The molecule has 166 valence electrons. The summed E-state index contributed by atoms with van der Waals surface area (Å²) >= 11 is -0.323. The van der Waals surface area contributed by atoms with Crippen molar-refractivity contribution in [1.82, 2.24) is 14.2 Å². The minimum Gasteiger partial charge on any atom is -0.415 e. The van der Waals surface area contributed by atoms with E-state index in [0.717, 1.165) is 22.7 Å². The van der Waals surface area contributed by atoms with E-state index in [1.54, 1.807) is 12.1 Å². The Morgan fingerprint density at radius 2 is 1.84 bits per heavy atom.